The summed E-state index contributed by atoms with van der Waals surface area (Å²) in [6.45, 7) is 0. The summed E-state index contributed by atoms with van der Waals surface area (Å²) in [5, 5.41) is 13.1. The van der Waals surface area contributed by atoms with E-state index in [1.54, 1.807) is 10.9 Å². The highest BCUT2D eigenvalue weighted by Gasteiger charge is 2.15. The summed E-state index contributed by atoms with van der Waals surface area (Å²) in [6, 6.07) is 9.13. The molecule has 0 unspecified atom stereocenters. The van der Waals surface area contributed by atoms with Crippen LogP contribution in [0, 0.1) is 9.52 Å². The molecule has 2 aromatic carbocycles. The third kappa shape index (κ3) is 1.85. The minimum Gasteiger partial charge on any atom is -0.277 e. The Morgan fingerprint density at radius 3 is 2.95 bits per heavy atom. The van der Waals surface area contributed by atoms with Crippen molar-refractivity contribution in [2.45, 2.75) is 0 Å². The first kappa shape index (κ1) is 12.8. The van der Waals surface area contributed by atoms with Gasteiger partial charge in [0, 0.05) is 23.4 Å². The fourth-order valence-corrected chi connectivity index (χ4v) is 3.34. The molecule has 4 aromatic rings. The van der Waals surface area contributed by atoms with E-state index in [2.05, 4.69) is 37.9 Å². The van der Waals surface area contributed by atoms with Crippen molar-refractivity contribution < 1.29 is 4.39 Å². The number of nitrogens with zero attached hydrogens (tertiary/aromatic N) is 3. The molecular formula is C15H10FIN4. The quantitative estimate of drug-likeness (QED) is 0.500. The summed E-state index contributed by atoms with van der Waals surface area (Å²) < 4.78 is 17.1. The van der Waals surface area contributed by atoms with Crippen molar-refractivity contribution in [1.29, 1.82) is 0 Å². The van der Waals surface area contributed by atoms with Gasteiger partial charge >= 0.3 is 0 Å². The van der Waals surface area contributed by atoms with Crippen molar-refractivity contribution in [3.63, 3.8) is 0 Å². The van der Waals surface area contributed by atoms with Gasteiger partial charge in [-0.2, -0.15) is 10.2 Å². The number of halogens is 2. The second kappa shape index (κ2) is 4.52. The lowest BCUT2D eigenvalue weighted by atomic mass is 10.0. The van der Waals surface area contributed by atoms with Crippen LogP contribution in [0.5, 0.6) is 0 Å². The van der Waals surface area contributed by atoms with Gasteiger partial charge < -0.3 is 0 Å². The van der Waals surface area contributed by atoms with Crippen LogP contribution in [0.2, 0.25) is 0 Å². The minimum absolute atomic E-state index is 0.250. The van der Waals surface area contributed by atoms with Gasteiger partial charge in [-0.3, -0.25) is 9.78 Å². The summed E-state index contributed by atoms with van der Waals surface area (Å²) in [5.74, 6) is -0.250. The topological polar surface area (TPSA) is 46.5 Å². The number of H-pyrrole nitrogens is 1. The van der Waals surface area contributed by atoms with Crippen LogP contribution in [0.25, 0.3) is 32.9 Å². The van der Waals surface area contributed by atoms with Crippen molar-refractivity contribution in [2.75, 3.05) is 0 Å². The zero-order valence-corrected chi connectivity index (χ0v) is 13.2. The number of aromatic amines is 1. The largest absolute Gasteiger partial charge is 0.277 e. The monoisotopic (exact) mass is 392 g/mol. The maximum absolute atomic E-state index is 14.5. The SMILES string of the molecule is Cn1ncc2cc(F)c(-c3cccc4[nH]nc(I)c34)cc21. The van der Waals surface area contributed by atoms with Crippen molar-refractivity contribution in [3.05, 3.63) is 46.0 Å². The molecule has 2 aromatic heterocycles. The van der Waals surface area contributed by atoms with Crippen LogP contribution in [-0.2, 0) is 7.05 Å². The Morgan fingerprint density at radius 2 is 2.10 bits per heavy atom. The van der Waals surface area contributed by atoms with Crippen LogP contribution < -0.4 is 0 Å². The normalized spacial score (nSPS) is 11.6. The molecule has 0 saturated heterocycles. The molecule has 0 saturated carbocycles. The number of aryl methyl sites for hydroxylation is 1. The van der Waals surface area contributed by atoms with Gasteiger partial charge in [0.05, 0.1) is 17.2 Å². The molecule has 0 fully saturated rings. The highest BCUT2D eigenvalue weighted by molar-refractivity contribution is 14.1. The van der Waals surface area contributed by atoms with Crippen LogP contribution in [0.3, 0.4) is 0 Å². The van der Waals surface area contributed by atoms with Crippen LogP contribution in [0.15, 0.2) is 36.5 Å². The second-order valence-corrected chi connectivity index (χ2v) is 5.92. The van der Waals surface area contributed by atoms with E-state index in [-0.39, 0.29) is 5.82 Å². The third-order valence-electron chi connectivity index (χ3n) is 3.67. The van der Waals surface area contributed by atoms with Gasteiger partial charge in [0.2, 0.25) is 0 Å². The molecule has 0 aliphatic rings. The van der Waals surface area contributed by atoms with Gasteiger partial charge in [-0.25, -0.2) is 4.39 Å². The number of hydrogen-bond acceptors (Lipinski definition) is 2. The molecule has 0 atom stereocenters. The number of rotatable bonds is 1. The molecule has 0 spiro atoms. The van der Waals surface area contributed by atoms with E-state index in [9.17, 15) is 4.39 Å². The standard InChI is InChI=1S/C15H10FIN4/c1-21-13-6-10(11(16)5-8(13)7-18-21)9-3-2-4-12-14(9)15(17)20-19-12/h2-7H,1H3,(H,19,20). The minimum atomic E-state index is -0.250. The van der Waals surface area contributed by atoms with Crippen LogP contribution in [0.4, 0.5) is 4.39 Å². The molecular weight excluding hydrogens is 382 g/mol. The first-order valence-corrected chi connectivity index (χ1v) is 7.47. The molecule has 0 bridgehead atoms. The van der Waals surface area contributed by atoms with Crippen LogP contribution in [0.1, 0.15) is 0 Å². The van der Waals surface area contributed by atoms with Gasteiger partial charge in [-0.05, 0) is 46.4 Å². The Kier molecular flexibility index (Phi) is 2.75. The summed E-state index contributed by atoms with van der Waals surface area (Å²) in [6.07, 6.45) is 1.67. The van der Waals surface area contributed by atoms with E-state index < -0.39 is 0 Å². The molecule has 2 heterocycles. The Morgan fingerprint density at radius 1 is 1.24 bits per heavy atom. The lowest BCUT2D eigenvalue weighted by molar-refractivity contribution is 0.633. The van der Waals surface area contributed by atoms with E-state index in [1.165, 1.54) is 6.07 Å². The number of aromatic nitrogens is 4. The molecule has 0 aliphatic carbocycles. The van der Waals surface area contributed by atoms with Gasteiger partial charge in [-0.1, -0.05) is 12.1 Å². The third-order valence-corrected chi connectivity index (χ3v) is 4.45. The zero-order chi connectivity index (χ0) is 14.6. The summed E-state index contributed by atoms with van der Waals surface area (Å²) in [4.78, 5) is 0. The van der Waals surface area contributed by atoms with Crippen molar-refractivity contribution in [2.24, 2.45) is 7.05 Å². The summed E-state index contributed by atoms with van der Waals surface area (Å²) in [5.41, 5.74) is 3.21. The van der Waals surface area contributed by atoms with Crippen LogP contribution in [-0.4, -0.2) is 20.0 Å². The Bertz CT molecular complexity index is 986. The van der Waals surface area contributed by atoms with Crippen molar-refractivity contribution >= 4 is 44.4 Å². The van der Waals surface area contributed by atoms with Gasteiger partial charge in [0.25, 0.3) is 0 Å². The first-order chi connectivity index (χ1) is 10.1. The van der Waals surface area contributed by atoms with Crippen molar-refractivity contribution in [1.82, 2.24) is 20.0 Å². The maximum Gasteiger partial charge on any atom is 0.131 e. The Balaban J connectivity index is 2.10. The van der Waals surface area contributed by atoms with E-state index in [0.29, 0.717) is 5.56 Å². The summed E-state index contributed by atoms with van der Waals surface area (Å²) >= 11 is 2.16. The molecule has 6 heteroatoms. The Hall–Kier alpha value is -1.96. The van der Waals surface area contributed by atoms with E-state index in [4.69, 9.17) is 0 Å². The van der Waals surface area contributed by atoms with E-state index >= 15 is 0 Å². The molecule has 0 aliphatic heterocycles. The van der Waals surface area contributed by atoms with Gasteiger partial charge in [0.1, 0.15) is 9.52 Å². The number of benzene rings is 2. The predicted molar refractivity (Wildman–Crippen MR) is 88.5 cm³/mol. The van der Waals surface area contributed by atoms with Crippen LogP contribution >= 0.6 is 22.6 Å². The summed E-state index contributed by atoms with van der Waals surface area (Å²) in [7, 11) is 1.85. The smallest absolute Gasteiger partial charge is 0.131 e. The lowest BCUT2D eigenvalue weighted by Gasteiger charge is -2.07. The molecule has 0 amide bonds. The molecule has 1 N–H and O–H groups in total. The number of hydrogen-bond donors (Lipinski definition) is 1. The fraction of sp³-hybridized carbons (Fsp3) is 0.0667. The maximum atomic E-state index is 14.5. The van der Waals surface area contributed by atoms with E-state index in [1.807, 2.05) is 31.3 Å². The number of fused-ring (bicyclic) bond motifs is 2. The van der Waals surface area contributed by atoms with Gasteiger partial charge in [-0.15, -0.1) is 0 Å². The van der Waals surface area contributed by atoms with Gasteiger partial charge in [0.15, 0.2) is 0 Å². The average Bonchev–Trinajstić information content (AvgIpc) is 3.02. The molecule has 21 heavy (non-hydrogen) atoms. The van der Waals surface area contributed by atoms with Crippen molar-refractivity contribution in [3.8, 4) is 11.1 Å². The molecule has 4 rings (SSSR count). The predicted octanol–water partition coefficient (Wildman–Crippen LogP) is 3.86. The molecule has 4 nitrogen and oxygen atoms in total. The Labute approximate surface area is 133 Å². The lowest BCUT2D eigenvalue weighted by Crippen LogP contribution is -1.91. The highest BCUT2D eigenvalue weighted by atomic mass is 127. The molecule has 104 valence electrons. The molecule has 0 radical (unpaired) electrons. The van der Waals surface area contributed by atoms with E-state index in [0.717, 1.165) is 31.1 Å². The highest BCUT2D eigenvalue weighted by Crippen LogP contribution is 2.34. The first-order valence-electron chi connectivity index (χ1n) is 6.39. The zero-order valence-electron chi connectivity index (χ0n) is 11.1. The average molecular weight is 392 g/mol. The number of nitrogens with one attached hydrogen (secondary N) is 1. The second-order valence-electron chi connectivity index (χ2n) is 4.90. The fourth-order valence-electron chi connectivity index (χ4n) is 2.64.